The fraction of sp³-hybridized carbons (Fsp3) is 0. The van der Waals surface area contributed by atoms with E-state index in [0.717, 1.165) is 16.9 Å². The van der Waals surface area contributed by atoms with Crippen LogP contribution in [0.2, 0.25) is 0 Å². The van der Waals surface area contributed by atoms with Crippen LogP contribution in [-0.2, 0) is 0 Å². The zero-order valence-electron chi connectivity index (χ0n) is 12.1. The van der Waals surface area contributed by atoms with Gasteiger partial charge in [-0.15, -0.1) is 11.3 Å². The topological polar surface area (TPSA) is 101 Å². The van der Waals surface area contributed by atoms with E-state index >= 15 is 0 Å². The van der Waals surface area contributed by atoms with Crippen molar-refractivity contribution in [2.45, 2.75) is 0 Å². The summed E-state index contributed by atoms with van der Waals surface area (Å²) in [6, 6.07) is 10.6. The van der Waals surface area contributed by atoms with Gasteiger partial charge in [0, 0.05) is 18.0 Å². The van der Waals surface area contributed by atoms with Crippen LogP contribution in [0.1, 0.15) is 9.67 Å². The number of carbonyl (C=O) groups is 1. The molecule has 0 saturated heterocycles. The largest absolute Gasteiger partial charge is 0.477 e. The van der Waals surface area contributed by atoms with Crippen molar-refractivity contribution in [3.63, 3.8) is 0 Å². The minimum absolute atomic E-state index is 0.00802. The summed E-state index contributed by atoms with van der Waals surface area (Å²) in [5.74, 6) is -1.01. The van der Waals surface area contributed by atoms with Crippen molar-refractivity contribution in [3.05, 3.63) is 64.2 Å². The SMILES string of the molecule is O=C(O)c1sc(-c2ccncc2)nc1-n1c(=O)[nH]c2ccccc21. The average Bonchev–Trinajstić information content (AvgIpc) is 3.15. The van der Waals surface area contributed by atoms with Gasteiger partial charge in [0.05, 0.1) is 11.0 Å². The second-order valence-corrected chi connectivity index (χ2v) is 5.99. The van der Waals surface area contributed by atoms with Crippen molar-refractivity contribution in [1.82, 2.24) is 19.5 Å². The van der Waals surface area contributed by atoms with Gasteiger partial charge in [0.15, 0.2) is 10.7 Å². The second kappa shape index (κ2) is 5.43. The lowest BCUT2D eigenvalue weighted by Crippen LogP contribution is -2.17. The lowest BCUT2D eigenvalue weighted by atomic mass is 10.3. The molecule has 2 N–H and O–H groups in total. The fourth-order valence-corrected chi connectivity index (χ4v) is 3.38. The summed E-state index contributed by atoms with van der Waals surface area (Å²) in [7, 11) is 0. The van der Waals surface area contributed by atoms with E-state index in [-0.39, 0.29) is 10.7 Å². The third kappa shape index (κ3) is 2.20. The van der Waals surface area contributed by atoms with Crippen LogP contribution in [0.5, 0.6) is 0 Å². The van der Waals surface area contributed by atoms with Crippen molar-refractivity contribution in [2.24, 2.45) is 0 Å². The predicted molar refractivity (Wildman–Crippen MR) is 89.8 cm³/mol. The Kier molecular flexibility index (Phi) is 3.24. The molecule has 0 unspecified atom stereocenters. The molecule has 0 amide bonds. The lowest BCUT2D eigenvalue weighted by molar-refractivity contribution is 0.0702. The van der Waals surface area contributed by atoms with Crippen molar-refractivity contribution >= 4 is 28.3 Å². The van der Waals surface area contributed by atoms with Crippen LogP contribution < -0.4 is 5.69 Å². The minimum Gasteiger partial charge on any atom is -0.477 e. The quantitative estimate of drug-likeness (QED) is 0.598. The van der Waals surface area contributed by atoms with Gasteiger partial charge in [-0.3, -0.25) is 4.98 Å². The first-order valence-electron chi connectivity index (χ1n) is 7.00. The number of imidazole rings is 1. The van der Waals surface area contributed by atoms with Gasteiger partial charge in [0.25, 0.3) is 0 Å². The molecule has 7 nitrogen and oxygen atoms in total. The molecule has 0 spiro atoms. The molecule has 118 valence electrons. The molecule has 1 aromatic carbocycles. The first kappa shape index (κ1) is 14.3. The normalized spacial score (nSPS) is 11.0. The van der Waals surface area contributed by atoms with Gasteiger partial charge < -0.3 is 10.1 Å². The van der Waals surface area contributed by atoms with Crippen molar-refractivity contribution < 1.29 is 9.90 Å². The van der Waals surface area contributed by atoms with Gasteiger partial charge in [-0.05, 0) is 24.3 Å². The van der Waals surface area contributed by atoms with E-state index < -0.39 is 11.7 Å². The number of benzene rings is 1. The van der Waals surface area contributed by atoms with Crippen molar-refractivity contribution in [3.8, 4) is 16.4 Å². The molecule has 0 fully saturated rings. The number of carboxylic acids is 1. The lowest BCUT2D eigenvalue weighted by Gasteiger charge is -2.00. The molecule has 8 heteroatoms. The van der Waals surface area contributed by atoms with Crippen LogP contribution in [0.3, 0.4) is 0 Å². The van der Waals surface area contributed by atoms with Crippen LogP contribution >= 0.6 is 11.3 Å². The number of carboxylic acid groups (broad SMARTS) is 1. The maximum Gasteiger partial charge on any atom is 0.349 e. The summed E-state index contributed by atoms with van der Waals surface area (Å²) in [6.45, 7) is 0. The molecule has 0 radical (unpaired) electrons. The molecule has 0 saturated carbocycles. The number of fused-ring (bicyclic) bond motifs is 1. The Morgan fingerprint density at radius 1 is 1.17 bits per heavy atom. The predicted octanol–water partition coefficient (Wildman–Crippen LogP) is 2.54. The third-order valence-corrected chi connectivity index (χ3v) is 4.61. The first-order chi connectivity index (χ1) is 11.6. The number of aromatic nitrogens is 4. The summed E-state index contributed by atoms with van der Waals surface area (Å²) in [5.41, 5.74) is 1.52. The number of rotatable bonds is 3. The highest BCUT2D eigenvalue weighted by atomic mass is 32.1. The van der Waals surface area contributed by atoms with E-state index in [4.69, 9.17) is 0 Å². The standard InChI is InChI=1S/C16H10N4O3S/c21-15(22)12-13(19-14(24-12)9-5-7-17-8-6-9)20-11-4-2-1-3-10(11)18-16(20)23/h1-8H,(H,18,23)(H,21,22). The highest BCUT2D eigenvalue weighted by Crippen LogP contribution is 2.30. The minimum atomic E-state index is -1.13. The number of H-pyrrole nitrogens is 1. The monoisotopic (exact) mass is 338 g/mol. The number of aromatic amines is 1. The summed E-state index contributed by atoms with van der Waals surface area (Å²) in [4.78, 5) is 35.0. The number of hydrogen-bond acceptors (Lipinski definition) is 5. The zero-order chi connectivity index (χ0) is 16.7. The second-order valence-electron chi connectivity index (χ2n) is 5.00. The number of thiazole rings is 1. The molecule has 3 heterocycles. The van der Waals surface area contributed by atoms with E-state index in [1.54, 1.807) is 48.8 Å². The van der Waals surface area contributed by atoms with Crippen molar-refractivity contribution in [1.29, 1.82) is 0 Å². The van der Waals surface area contributed by atoms with E-state index in [9.17, 15) is 14.7 Å². The number of aromatic carboxylic acids is 1. The third-order valence-electron chi connectivity index (χ3n) is 3.53. The smallest absolute Gasteiger partial charge is 0.349 e. The van der Waals surface area contributed by atoms with Crippen LogP contribution in [0, 0.1) is 0 Å². The van der Waals surface area contributed by atoms with Gasteiger partial charge in [-0.2, -0.15) is 0 Å². The molecule has 0 aliphatic carbocycles. The Morgan fingerprint density at radius 3 is 2.67 bits per heavy atom. The van der Waals surface area contributed by atoms with Gasteiger partial charge >= 0.3 is 11.7 Å². The number of para-hydroxylation sites is 2. The van der Waals surface area contributed by atoms with Crippen LogP contribution in [0.4, 0.5) is 0 Å². The molecule has 24 heavy (non-hydrogen) atoms. The Labute approximate surface area is 138 Å². The maximum absolute atomic E-state index is 12.3. The molecule has 0 aliphatic heterocycles. The molecular formula is C16H10N4O3S. The molecule has 0 atom stereocenters. The highest BCUT2D eigenvalue weighted by Gasteiger charge is 2.22. The molecule has 4 aromatic rings. The number of nitrogens with zero attached hydrogens (tertiary/aromatic N) is 3. The average molecular weight is 338 g/mol. The highest BCUT2D eigenvalue weighted by molar-refractivity contribution is 7.17. The van der Waals surface area contributed by atoms with Gasteiger partial charge in [0.2, 0.25) is 0 Å². The van der Waals surface area contributed by atoms with Gasteiger partial charge in [0.1, 0.15) is 5.01 Å². The Balaban J connectivity index is 2.01. The summed E-state index contributed by atoms with van der Waals surface area (Å²) in [5, 5.41) is 10.0. The maximum atomic E-state index is 12.3. The fourth-order valence-electron chi connectivity index (χ4n) is 2.49. The van der Waals surface area contributed by atoms with Gasteiger partial charge in [-0.1, -0.05) is 12.1 Å². The van der Waals surface area contributed by atoms with Gasteiger partial charge in [-0.25, -0.2) is 19.1 Å². The van der Waals surface area contributed by atoms with E-state index in [0.29, 0.717) is 16.0 Å². The van der Waals surface area contributed by atoms with E-state index in [1.807, 2.05) is 0 Å². The van der Waals surface area contributed by atoms with Crippen LogP contribution in [0.25, 0.3) is 27.4 Å². The zero-order valence-corrected chi connectivity index (χ0v) is 12.9. The first-order valence-corrected chi connectivity index (χ1v) is 7.81. The summed E-state index contributed by atoms with van der Waals surface area (Å²) < 4.78 is 1.29. The Bertz CT molecular complexity index is 1110. The van der Waals surface area contributed by atoms with Crippen LogP contribution in [0.15, 0.2) is 53.6 Å². The molecule has 4 rings (SSSR count). The van der Waals surface area contributed by atoms with E-state index in [1.165, 1.54) is 4.57 Å². The Morgan fingerprint density at radius 2 is 1.92 bits per heavy atom. The molecular weight excluding hydrogens is 328 g/mol. The van der Waals surface area contributed by atoms with E-state index in [2.05, 4.69) is 15.0 Å². The molecule has 0 bridgehead atoms. The Hall–Kier alpha value is -3.26. The summed E-state index contributed by atoms with van der Waals surface area (Å²) >= 11 is 1.02. The number of pyridine rings is 1. The van der Waals surface area contributed by atoms with Crippen molar-refractivity contribution in [2.75, 3.05) is 0 Å². The number of hydrogen-bond donors (Lipinski definition) is 2. The summed E-state index contributed by atoms with van der Waals surface area (Å²) in [6.07, 6.45) is 3.21. The molecule has 0 aliphatic rings. The molecule has 3 aromatic heterocycles. The van der Waals surface area contributed by atoms with Crippen LogP contribution in [-0.4, -0.2) is 30.6 Å². The number of nitrogens with one attached hydrogen (secondary N) is 1.